The van der Waals surface area contributed by atoms with Crippen molar-refractivity contribution < 1.29 is 9.47 Å². The first-order valence-corrected chi connectivity index (χ1v) is 7.10. The minimum Gasteiger partial charge on any atom is -0.378 e. The van der Waals surface area contributed by atoms with Gasteiger partial charge in [0.15, 0.2) is 0 Å². The minimum absolute atomic E-state index is 0.128. The lowest BCUT2D eigenvalue weighted by molar-refractivity contribution is -0.0405. The Morgan fingerprint density at radius 1 is 1.41 bits per heavy atom. The normalized spacial score (nSPS) is 22.9. The van der Waals surface area contributed by atoms with E-state index >= 15 is 0 Å². The van der Waals surface area contributed by atoms with Crippen LogP contribution in [-0.2, 0) is 9.47 Å². The van der Waals surface area contributed by atoms with Gasteiger partial charge in [0.25, 0.3) is 0 Å². The van der Waals surface area contributed by atoms with E-state index in [-0.39, 0.29) is 11.6 Å². The topological polar surface area (TPSA) is 44.5 Å². The van der Waals surface area contributed by atoms with Crippen molar-refractivity contribution in [2.45, 2.75) is 76.5 Å². The molecule has 0 spiro atoms. The largest absolute Gasteiger partial charge is 0.378 e. The van der Waals surface area contributed by atoms with Gasteiger partial charge in [-0.25, -0.2) is 0 Å². The molecule has 0 aliphatic carbocycles. The van der Waals surface area contributed by atoms with Crippen LogP contribution in [0.3, 0.4) is 0 Å². The van der Waals surface area contributed by atoms with Gasteiger partial charge in [0.1, 0.15) is 0 Å². The number of nitrogens with two attached hydrogens (primary N) is 1. The van der Waals surface area contributed by atoms with Crippen LogP contribution < -0.4 is 5.73 Å². The lowest BCUT2D eigenvalue weighted by atomic mass is 9.85. The van der Waals surface area contributed by atoms with E-state index in [0.717, 1.165) is 38.7 Å². The Morgan fingerprint density at radius 2 is 2.12 bits per heavy atom. The SMILES string of the molecule is CCC(CC)(OC)C(N)CCCC1CCCO1. The first-order valence-electron chi connectivity index (χ1n) is 7.10. The summed E-state index contributed by atoms with van der Waals surface area (Å²) in [6, 6.07) is 0.143. The van der Waals surface area contributed by atoms with Gasteiger partial charge in [-0.1, -0.05) is 13.8 Å². The molecule has 1 rings (SSSR count). The van der Waals surface area contributed by atoms with Gasteiger partial charge in [0.2, 0.25) is 0 Å². The van der Waals surface area contributed by atoms with Crippen LogP contribution in [0.2, 0.25) is 0 Å². The summed E-state index contributed by atoms with van der Waals surface area (Å²) in [5.74, 6) is 0. The lowest BCUT2D eigenvalue weighted by Gasteiger charge is -2.36. The van der Waals surface area contributed by atoms with Crippen molar-refractivity contribution in [2.75, 3.05) is 13.7 Å². The van der Waals surface area contributed by atoms with Gasteiger partial charge in [-0.2, -0.15) is 0 Å². The third kappa shape index (κ3) is 3.94. The van der Waals surface area contributed by atoms with Crippen LogP contribution in [0.4, 0.5) is 0 Å². The molecule has 17 heavy (non-hydrogen) atoms. The van der Waals surface area contributed by atoms with Crippen LogP contribution in [0.5, 0.6) is 0 Å². The van der Waals surface area contributed by atoms with Crippen molar-refractivity contribution in [2.24, 2.45) is 5.73 Å². The summed E-state index contributed by atoms with van der Waals surface area (Å²) in [5.41, 5.74) is 6.17. The lowest BCUT2D eigenvalue weighted by Crippen LogP contribution is -2.48. The van der Waals surface area contributed by atoms with Gasteiger partial charge in [-0.15, -0.1) is 0 Å². The molecule has 0 bridgehead atoms. The summed E-state index contributed by atoms with van der Waals surface area (Å²) in [4.78, 5) is 0. The second-order valence-electron chi connectivity index (χ2n) is 5.15. The molecule has 1 heterocycles. The Balaban J connectivity index is 2.28. The third-order valence-corrected chi connectivity index (χ3v) is 4.34. The van der Waals surface area contributed by atoms with E-state index < -0.39 is 0 Å². The van der Waals surface area contributed by atoms with Crippen LogP contribution in [0.1, 0.15) is 58.8 Å². The summed E-state index contributed by atoms with van der Waals surface area (Å²) < 4.78 is 11.3. The standard InChI is InChI=1S/C14H29NO2/c1-4-14(5-2,16-3)13(15)10-6-8-12-9-7-11-17-12/h12-13H,4-11,15H2,1-3H3. The van der Waals surface area contributed by atoms with E-state index in [1.54, 1.807) is 7.11 Å². The molecule has 1 saturated heterocycles. The van der Waals surface area contributed by atoms with Gasteiger partial charge < -0.3 is 15.2 Å². The van der Waals surface area contributed by atoms with Crippen molar-refractivity contribution in [1.29, 1.82) is 0 Å². The highest BCUT2D eigenvalue weighted by molar-refractivity contribution is 4.89. The highest BCUT2D eigenvalue weighted by Crippen LogP contribution is 2.27. The van der Waals surface area contributed by atoms with E-state index in [0.29, 0.717) is 6.10 Å². The fourth-order valence-corrected chi connectivity index (χ4v) is 2.91. The molecule has 0 saturated carbocycles. The Bertz CT molecular complexity index is 190. The van der Waals surface area contributed by atoms with Gasteiger partial charge in [-0.05, 0) is 44.9 Å². The van der Waals surface area contributed by atoms with Crippen molar-refractivity contribution in [3.63, 3.8) is 0 Å². The maximum atomic E-state index is 6.30. The monoisotopic (exact) mass is 243 g/mol. The van der Waals surface area contributed by atoms with E-state index in [9.17, 15) is 0 Å². The zero-order chi connectivity index (χ0) is 12.7. The van der Waals surface area contributed by atoms with Crippen molar-refractivity contribution >= 4 is 0 Å². The Morgan fingerprint density at radius 3 is 2.59 bits per heavy atom. The predicted molar refractivity (Wildman–Crippen MR) is 71.1 cm³/mol. The minimum atomic E-state index is -0.128. The van der Waals surface area contributed by atoms with Gasteiger partial charge in [-0.3, -0.25) is 0 Å². The fraction of sp³-hybridized carbons (Fsp3) is 1.00. The maximum Gasteiger partial charge on any atom is 0.0823 e. The zero-order valence-electron chi connectivity index (χ0n) is 11.7. The first-order chi connectivity index (χ1) is 8.18. The van der Waals surface area contributed by atoms with Crippen molar-refractivity contribution in [3.8, 4) is 0 Å². The molecule has 2 N–H and O–H groups in total. The van der Waals surface area contributed by atoms with Crippen molar-refractivity contribution in [1.82, 2.24) is 0 Å². The highest BCUT2D eigenvalue weighted by Gasteiger charge is 2.32. The summed E-state index contributed by atoms with van der Waals surface area (Å²) in [7, 11) is 1.78. The van der Waals surface area contributed by atoms with Crippen LogP contribution in [0.25, 0.3) is 0 Å². The second-order valence-corrected chi connectivity index (χ2v) is 5.15. The number of methoxy groups -OCH3 is 1. The third-order valence-electron chi connectivity index (χ3n) is 4.34. The molecule has 2 atom stereocenters. The molecule has 1 fully saturated rings. The molecular weight excluding hydrogens is 214 g/mol. The molecule has 0 radical (unpaired) electrons. The number of hydrogen-bond acceptors (Lipinski definition) is 3. The Hall–Kier alpha value is -0.120. The average molecular weight is 243 g/mol. The molecule has 3 nitrogen and oxygen atoms in total. The van der Waals surface area contributed by atoms with Gasteiger partial charge >= 0.3 is 0 Å². The first kappa shape index (κ1) is 14.9. The Kier molecular flexibility index (Phi) is 6.45. The van der Waals surface area contributed by atoms with Crippen molar-refractivity contribution in [3.05, 3.63) is 0 Å². The zero-order valence-corrected chi connectivity index (χ0v) is 11.7. The molecule has 0 amide bonds. The number of hydrogen-bond donors (Lipinski definition) is 1. The molecule has 1 aliphatic rings. The highest BCUT2D eigenvalue weighted by atomic mass is 16.5. The van der Waals surface area contributed by atoms with Crippen LogP contribution in [0, 0.1) is 0 Å². The van der Waals surface area contributed by atoms with E-state index in [2.05, 4.69) is 13.8 Å². The smallest absolute Gasteiger partial charge is 0.0823 e. The molecule has 1 aliphatic heterocycles. The molecular formula is C14H29NO2. The molecule has 102 valence electrons. The summed E-state index contributed by atoms with van der Waals surface area (Å²) in [6.07, 6.45) is 8.26. The maximum absolute atomic E-state index is 6.30. The second kappa shape index (κ2) is 7.34. The van der Waals surface area contributed by atoms with Crippen LogP contribution in [0.15, 0.2) is 0 Å². The summed E-state index contributed by atoms with van der Waals surface area (Å²) in [5, 5.41) is 0. The van der Waals surface area contributed by atoms with Crippen LogP contribution in [-0.4, -0.2) is 31.5 Å². The van der Waals surface area contributed by atoms with Crippen LogP contribution >= 0.6 is 0 Å². The quantitative estimate of drug-likeness (QED) is 0.713. The molecule has 0 aromatic rings. The predicted octanol–water partition coefficient (Wildman–Crippen LogP) is 2.87. The molecule has 0 aromatic heterocycles. The van der Waals surface area contributed by atoms with E-state index in [4.69, 9.17) is 15.2 Å². The summed E-state index contributed by atoms with van der Waals surface area (Å²) in [6.45, 7) is 5.27. The average Bonchev–Trinajstić information content (AvgIpc) is 2.85. The van der Waals surface area contributed by atoms with Gasteiger partial charge in [0.05, 0.1) is 11.7 Å². The van der Waals surface area contributed by atoms with Gasteiger partial charge in [0, 0.05) is 19.8 Å². The Labute approximate surface area is 106 Å². The number of ether oxygens (including phenoxy) is 2. The molecule has 0 aromatic carbocycles. The van der Waals surface area contributed by atoms with E-state index in [1.807, 2.05) is 0 Å². The number of rotatable bonds is 8. The summed E-state index contributed by atoms with van der Waals surface area (Å²) >= 11 is 0. The molecule has 3 heteroatoms. The van der Waals surface area contributed by atoms with E-state index in [1.165, 1.54) is 12.8 Å². The fourth-order valence-electron chi connectivity index (χ4n) is 2.91. The molecule has 2 unspecified atom stereocenters.